The number of thiazole rings is 1. The first-order valence-corrected chi connectivity index (χ1v) is 26.9. The van der Waals surface area contributed by atoms with Gasteiger partial charge in [0.1, 0.15) is 35.4 Å². The number of aryl methyl sites for hydroxylation is 1. The van der Waals surface area contributed by atoms with Crippen LogP contribution in [0.5, 0.6) is 0 Å². The van der Waals surface area contributed by atoms with Crippen molar-refractivity contribution in [3.8, 4) is 10.4 Å². The normalized spacial score (nSPS) is 18.0. The number of rotatable bonds is 18. The average molecular weight is 1040 g/mol. The minimum atomic E-state index is -0.875. The minimum Gasteiger partial charge on any atom is -0.396 e. The van der Waals surface area contributed by atoms with Gasteiger partial charge >= 0.3 is 0 Å². The van der Waals surface area contributed by atoms with Gasteiger partial charge in [-0.25, -0.2) is 24.3 Å². The van der Waals surface area contributed by atoms with E-state index in [2.05, 4.69) is 52.0 Å². The number of anilines is 6. The summed E-state index contributed by atoms with van der Waals surface area (Å²) in [6.07, 6.45) is 6.31. The van der Waals surface area contributed by atoms with Gasteiger partial charge in [0.25, 0.3) is 0 Å². The highest BCUT2D eigenvalue weighted by Crippen LogP contribution is 2.33. The van der Waals surface area contributed by atoms with Crippen LogP contribution < -0.4 is 31.1 Å². The van der Waals surface area contributed by atoms with Crippen LogP contribution in [0, 0.1) is 24.1 Å². The smallest absolute Gasteiger partial charge is 0.246 e. The Hall–Kier alpha value is -6.87. The molecule has 7 heterocycles. The second-order valence-electron chi connectivity index (χ2n) is 21.0. The molecule has 3 amide bonds. The molecule has 3 atom stereocenters. The summed E-state index contributed by atoms with van der Waals surface area (Å²) >= 11 is 1.58. The maximum Gasteiger partial charge on any atom is 0.246 e. The van der Waals surface area contributed by atoms with E-state index in [4.69, 9.17) is 15.0 Å². The highest BCUT2D eigenvalue weighted by molar-refractivity contribution is 7.13. The summed E-state index contributed by atoms with van der Waals surface area (Å²) < 4.78 is 13.6. The molecular weight excluding hydrogens is 974 g/mol. The monoisotopic (exact) mass is 1040 g/mol. The molecule has 0 spiro atoms. The van der Waals surface area contributed by atoms with Crippen molar-refractivity contribution in [1.82, 2.24) is 45.4 Å². The number of halogens is 1. The van der Waals surface area contributed by atoms with Crippen molar-refractivity contribution < 1.29 is 29.0 Å². The number of carbonyl (C=O) groups is 3. The molecule has 0 radical (unpaired) electrons. The van der Waals surface area contributed by atoms with Gasteiger partial charge in [-0.2, -0.15) is 4.98 Å². The molecule has 3 aliphatic rings. The Kier molecular flexibility index (Phi) is 16.8. The van der Waals surface area contributed by atoms with Gasteiger partial charge in [0.2, 0.25) is 23.7 Å². The van der Waals surface area contributed by atoms with E-state index < -0.39 is 23.6 Å². The maximum atomic E-state index is 14.1. The van der Waals surface area contributed by atoms with E-state index in [-0.39, 0.29) is 62.0 Å². The number of carbonyl (C=O) groups excluding carboxylic acids is 3. The molecule has 2 aromatic carbocycles. The fourth-order valence-corrected chi connectivity index (χ4v) is 10.8. The van der Waals surface area contributed by atoms with Gasteiger partial charge in [-0.3, -0.25) is 19.3 Å². The molecule has 9 rings (SSSR count). The average Bonchev–Trinajstić information content (AvgIpc) is 4.04. The standard InChI is InChI=1S/C55H68FN13O5S/c1-35-49(75-34-60-35)38-10-8-36(9-11-38)29-59-52(73)45-27-42(71)32-69(45)53(74)50(55(2,3)4)64-48(72)7-5-6-20-66-23-25-67(26-24-66)41-16-17-46(57-30-41)63-47-28-43-44(31-58-47)62-54(61-40-14-12-39(56)13-15-40)65-51(43)68-21-18-37(33-70)19-22-68/h8-17,28,30-31,34,37,42,45,50,70-71H,5-7,18-27,29,32-33H2,1-4H3,(H,59,73)(H,64,72)(H,57,58,63)(H,61,62,65)/t42-,45+,50-/m1/s1. The Morgan fingerprint density at radius 1 is 0.853 bits per heavy atom. The van der Waals surface area contributed by atoms with Crippen LogP contribution in [0.2, 0.25) is 0 Å². The summed E-state index contributed by atoms with van der Waals surface area (Å²) in [5, 5.41) is 33.8. The van der Waals surface area contributed by atoms with Crippen LogP contribution in [0.3, 0.4) is 0 Å². The number of piperidine rings is 1. The number of amides is 3. The lowest BCUT2D eigenvalue weighted by molar-refractivity contribution is -0.144. The number of fused-ring (bicyclic) bond motifs is 1. The molecule has 75 heavy (non-hydrogen) atoms. The summed E-state index contributed by atoms with van der Waals surface area (Å²) in [7, 11) is 0. The van der Waals surface area contributed by atoms with E-state index in [0.29, 0.717) is 35.2 Å². The Bertz CT molecular complexity index is 2900. The van der Waals surface area contributed by atoms with E-state index in [9.17, 15) is 29.0 Å². The lowest BCUT2D eigenvalue weighted by atomic mass is 9.85. The zero-order chi connectivity index (χ0) is 52.6. The highest BCUT2D eigenvalue weighted by Gasteiger charge is 2.44. The van der Waals surface area contributed by atoms with Crippen molar-refractivity contribution in [3.05, 3.63) is 102 Å². The molecule has 3 saturated heterocycles. The summed E-state index contributed by atoms with van der Waals surface area (Å²) in [6, 6.07) is 18.2. The van der Waals surface area contributed by atoms with Crippen LogP contribution in [0.4, 0.5) is 39.2 Å². The van der Waals surface area contributed by atoms with Crippen LogP contribution >= 0.6 is 11.3 Å². The maximum absolute atomic E-state index is 14.1. The zero-order valence-corrected chi connectivity index (χ0v) is 44.0. The Morgan fingerprint density at radius 3 is 2.28 bits per heavy atom. The first-order chi connectivity index (χ1) is 36.2. The third-order valence-corrected chi connectivity index (χ3v) is 15.4. The number of benzene rings is 2. The molecule has 0 aliphatic carbocycles. The molecule has 20 heteroatoms. The molecule has 6 aromatic rings. The predicted molar refractivity (Wildman–Crippen MR) is 291 cm³/mol. The number of hydrogen-bond donors (Lipinski definition) is 6. The number of nitrogens with zero attached hydrogens (tertiary/aromatic N) is 9. The van der Waals surface area contributed by atoms with E-state index in [1.807, 2.05) is 75.8 Å². The Morgan fingerprint density at radius 2 is 1.60 bits per heavy atom. The lowest BCUT2D eigenvalue weighted by Crippen LogP contribution is -2.57. The summed E-state index contributed by atoms with van der Waals surface area (Å²) in [6.45, 7) is 13.8. The van der Waals surface area contributed by atoms with E-state index in [0.717, 1.165) is 104 Å². The molecule has 0 unspecified atom stereocenters. The number of aliphatic hydroxyl groups is 2. The van der Waals surface area contributed by atoms with Crippen molar-refractivity contribution in [2.45, 2.75) is 91.0 Å². The lowest BCUT2D eigenvalue weighted by Gasteiger charge is -2.36. The third kappa shape index (κ3) is 13.3. The van der Waals surface area contributed by atoms with Crippen molar-refractivity contribution >= 4 is 74.7 Å². The van der Waals surface area contributed by atoms with Gasteiger partial charge in [-0.05, 0) is 104 Å². The van der Waals surface area contributed by atoms with Gasteiger partial charge in [0, 0.05) is 82.9 Å². The molecule has 6 N–H and O–H groups in total. The number of hydrogen-bond acceptors (Lipinski definition) is 16. The number of pyridine rings is 2. The summed E-state index contributed by atoms with van der Waals surface area (Å²) in [4.78, 5) is 73.9. The van der Waals surface area contributed by atoms with Crippen molar-refractivity contribution in [2.24, 2.45) is 11.3 Å². The topological polar surface area (TPSA) is 217 Å². The third-order valence-electron chi connectivity index (χ3n) is 14.4. The fourth-order valence-electron chi connectivity index (χ4n) is 10.0. The predicted octanol–water partition coefficient (Wildman–Crippen LogP) is 6.79. The van der Waals surface area contributed by atoms with Crippen LogP contribution in [0.25, 0.3) is 21.3 Å². The molecular formula is C55H68FN13O5S. The summed E-state index contributed by atoms with van der Waals surface area (Å²) in [5.74, 6) is 1.39. The number of unbranched alkanes of at least 4 members (excludes halogenated alkanes) is 1. The van der Waals surface area contributed by atoms with E-state index in [1.165, 1.54) is 17.0 Å². The first kappa shape index (κ1) is 53.0. The largest absolute Gasteiger partial charge is 0.396 e. The number of piperazine rings is 1. The minimum absolute atomic E-state index is 0.0206. The number of likely N-dealkylation sites (tertiary alicyclic amines) is 1. The van der Waals surface area contributed by atoms with Gasteiger partial charge in [0.15, 0.2) is 0 Å². The van der Waals surface area contributed by atoms with Crippen LogP contribution in [-0.4, -0.2) is 140 Å². The van der Waals surface area contributed by atoms with Gasteiger partial charge < -0.3 is 46.2 Å². The Balaban J connectivity index is 0.724. The second kappa shape index (κ2) is 23.8. The zero-order valence-electron chi connectivity index (χ0n) is 43.1. The van der Waals surface area contributed by atoms with Crippen molar-refractivity contribution in [2.75, 3.05) is 79.4 Å². The molecule has 0 saturated carbocycles. The van der Waals surface area contributed by atoms with Crippen molar-refractivity contribution in [1.29, 1.82) is 0 Å². The molecule has 3 fully saturated rings. The van der Waals surface area contributed by atoms with Gasteiger partial charge in [-0.1, -0.05) is 45.0 Å². The van der Waals surface area contributed by atoms with Gasteiger partial charge in [-0.15, -0.1) is 11.3 Å². The molecule has 18 nitrogen and oxygen atoms in total. The molecule has 0 bridgehead atoms. The molecule has 4 aromatic heterocycles. The number of nitrogens with one attached hydrogen (secondary N) is 4. The van der Waals surface area contributed by atoms with Crippen LogP contribution in [0.1, 0.15) is 70.6 Å². The van der Waals surface area contributed by atoms with E-state index in [1.54, 1.807) is 29.7 Å². The van der Waals surface area contributed by atoms with Gasteiger partial charge in [0.05, 0.1) is 45.8 Å². The van der Waals surface area contributed by atoms with Crippen molar-refractivity contribution in [3.63, 3.8) is 0 Å². The quantitative estimate of drug-likeness (QED) is 0.0489. The molecule has 3 aliphatic heterocycles. The first-order valence-electron chi connectivity index (χ1n) is 26.0. The fraction of sp³-hybridized carbons (Fsp3) is 0.455. The van der Waals surface area contributed by atoms with Crippen LogP contribution in [-0.2, 0) is 20.9 Å². The number of aliphatic hydroxyl groups excluding tert-OH is 2. The molecule has 396 valence electrons. The van der Waals surface area contributed by atoms with Crippen LogP contribution in [0.15, 0.2) is 84.6 Å². The second-order valence-corrected chi connectivity index (χ2v) is 21.8. The summed E-state index contributed by atoms with van der Waals surface area (Å²) in [5.41, 5.74) is 6.47. The number of aromatic nitrogens is 5. The van der Waals surface area contributed by atoms with E-state index >= 15 is 0 Å². The Labute approximate surface area is 441 Å². The number of β-amino-alcohol motifs (C(OH)–C–C–N with tert-alkyl or cyclic N) is 1. The highest BCUT2D eigenvalue weighted by atomic mass is 32.1. The SMILES string of the molecule is Cc1ncsc1-c1ccc(CNC(=O)[C@@H]2C[C@@H](O)CN2C(=O)[C@@H](NC(=O)CCCCN2CCN(c3ccc(Nc4cc5c(N6CCC(CO)CC6)nc(Nc6ccc(F)cc6)nc5cn4)nc3)CC2)C(C)(C)C)cc1.